The topological polar surface area (TPSA) is 29.1 Å². The first-order chi connectivity index (χ1) is 7.04. The number of carbonyl (C=O) groups excluding carboxylic acids is 1. The molecule has 1 N–H and O–H groups in total. The van der Waals surface area contributed by atoms with Crippen molar-refractivity contribution in [3.05, 3.63) is 41.7 Å². The molecule has 15 heavy (non-hydrogen) atoms. The van der Waals surface area contributed by atoms with Gasteiger partial charge in [0, 0.05) is 17.2 Å². The summed E-state index contributed by atoms with van der Waals surface area (Å²) in [7, 11) is 0. The Balaban J connectivity index is 2.92. The van der Waals surface area contributed by atoms with Gasteiger partial charge < -0.3 is 5.32 Å². The van der Waals surface area contributed by atoms with Crippen molar-refractivity contribution in [1.29, 1.82) is 0 Å². The lowest BCUT2D eigenvalue weighted by molar-refractivity contribution is 0.0942. The minimum absolute atomic E-state index is 0.0413. The Morgan fingerprint density at radius 3 is 2.67 bits per heavy atom. The molecule has 0 saturated carbocycles. The van der Waals surface area contributed by atoms with Gasteiger partial charge in [-0.1, -0.05) is 18.7 Å². The number of carbonyl (C=O) groups is 1. The normalized spacial score (nSPS) is 10.1. The van der Waals surface area contributed by atoms with E-state index in [1.807, 2.05) is 13.8 Å². The van der Waals surface area contributed by atoms with Crippen LogP contribution in [0.3, 0.4) is 0 Å². The standard InChI is InChI=1S/C12H14FNO/c1-4-9-5-6-10(7-11(9)13)12(15)14-8(2)3/h4-8H,1H2,2-3H3,(H,14,15). The molecule has 2 nitrogen and oxygen atoms in total. The summed E-state index contributed by atoms with van der Waals surface area (Å²) in [6.07, 6.45) is 1.42. The molecule has 0 radical (unpaired) electrons. The van der Waals surface area contributed by atoms with Crippen LogP contribution in [0.4, 0.5) is 4.39 Å². The molecular weight excluding hydrogens is 193 g/mol. The van der Waals surface area contributed by atoms with Crippen LogP contribution in [0.5, 0.6) is 0 Å². The molecule has 0 aliphatic heterocycles. The Labute approximate surface area is 88.8 Å². The molecular formula is C12H14FNO. The fourth-order valence-electron chi connectivity index (χ4n) is 1.18. The van der Waals surface area contributed by atoms with Crippen LogP contribution in [0.2, 0.25) is 0 Å². The van der Waals surface area contributed by atoms with Gasteiger partial charge >= 0.3 is 0 Å². The molecule has 1 amide bonds. The summed E-state index contributed by atoms with van der Waals surface area (Å²) in [6.45, 7) is 7.18. The molecule has 1 aromatic carbocycles. The van der Waals surface area contributed by atoms with Crippen LogP contribution >= 0.6 is 0 Å². The Morgan fingerprint density at radius 1 is 1.53 bits per heavy atom. The van der Waals surface area contributed by atoms with Gasteiger partial charge in [-0.15, -0.1) is 0 Å². The second-order valence-electron chi connectivity index (χ2n) is 3.57. The van der Waals surface area contributed by atoms with Gasteiger partial charge in [-0.3, -0.25) is 4.79 Å². The lowest BCUT2D eigenvalue weighted by Gasteiger charge is -2.08. The van der Waals surface area contributed by atoms with E-state index in [4.69, 9.17) is 0 Å². The van der Waals surface area contributed by atoms with Crippen LogP contribution in [-0.4, -0.2) is 11.9 Å². The molecule has 0 fully saturated rings. The summed E-state index contributed by atoms with van der Waals surface area (Å²) in [5.74, 6) is -0.694. The monoisotopic (exact) mass is 207 g/mol. The van der Waals surface area contributed by atoms with Crippen molar-refractivity contribution >= 4 is 12.0 Å². The smallest absolute Gasteiger partial charge is 0.251 e. The average molecular weight is 207 g/mol. The summed E-state index contributed by atoms with van der Waals surface area (Å²) >= 11 is 0. The van der Waals surface area contributed by atoms with Gasteiger partial charge in [-0.25, -0.2) is 4.39 Å². The van der Waals surface area contributed by atoms with Gasteiger partial charge in [0.1, 0.15) is 5.82 Å². The van der Waals surface area contributed by atoms with Gasteiger partial charge in [0.15, 0.2) is 0 Å². The van der Waals surface area contributed by atoms with Crippen LogP contribution in [0, 0.1) is 5.82 Å². The molecule has 0 unspecified atom stereocenters. The van der Waals surface area contributed by atoms with E-state index in [2.05, 4.69) is 11.9 Å². The highest BCUT2D eigenvalue weighted by molar-refractivity contribution is 5.94. The molecule has 3 heteroatoms. The zero-order chi connectivity index (χ0) is 11.4. The maximum atomic E-state index is 13.3. The first-order valence-corrected chi connectivity index (χ1v) is 4.77. The molecule has 0 bridgehead atoms. The molecule has 0 aromatic heterocycles. The third-order valence-electron chi connectivity index (χ3n) is 1.90. The van der Waals surface area contributed by atoms with Crippen molar-refractivity contribution in [2.24, 2.45) is 0 Å². The van der Waals surface area contributed by atoms with Gasteiger partial charge in [-0.05, 0) is 26.0 Å². The van der Waals surface area contributed by atoms with Crippen molar-refractivity contribution in [2.45, 2.75) is 19.9 Å². The van der Waals surface area contributed by atoms with Crippen LogP contribution in [0.1, 0.15) is 29.8 Å². The maximum Gasteiger partial charge on any atom is 0.251 e. The number of hydrogen-bond donors (Lipinski definition) is 1. The molecule has 0 spiro atoms. The molecule has 0 aliphatic rings. The van der Waals surface area contributed by atoms with Crippen LogP contribution in [0.25, 0.3) is 6.08 Å². The first-order valence-electron chi connectivity index (χ1n) is 4.77. The first kappa shape index (κ1) is 11.4. The Bertz CT molecular complexity index is 385. The summed E-state index contributed by atoms with van der Waals surface area (Å²) < 4.78 is 13.3. The minimum Gasteiger partial charge on any atom is -0.350 e. The number of hydrogen-bond acceptors (Lipinski definition) is 1. The molecule has 0 atom stereocenters. The second kappa shape index (κ2) is 4.73. The number of nitrogens with one attached hydrogen (secondary N) is 1. The predicted molar refractivity (Wildman–Crippen MR) is 59.1 cm³/mol. The van der Waals surface area contributed by atoms with E-state index in [1.54, 1.807) is 6.07 Å². The van der Waals surface area contributed by atoms with E-state index in [9.17, 15) is 9.18 Å². The lowest BCUT2D eigenvalue weighted by Crippen LogP contribution is -2.30. The van der Waals surface area contributed by atoms with E-state index in [1.165, 1.54) is 18.2 Å². The lowest BCUT2D eigenvalue weighted by atomic mass is 10.1. The number of amides is 1. The molecule has 0 aliphatic carbocycles. The highest BCUT2D eigenvalue weighted by Crippen LogP contribution is 2.11. The van der Waals surface area contributed by atoms with Crippen molar-refractivity contribution in [2.75, 3.05) is 0 Å². The highest BCUT2D eigenvalue weighted by Gasteiger charge is 2.08. The predicted octanol–water partition coefficient (Wildman–Crippen LogP) is 2.61. The Morgan fingerprint density at radius 2 is 2.20 bits per heavy atom. The van der Waals surface area contributed by atoms with Crippen molar-refractivity contribution in [3.8, 4) is 0 Å². The molecule has 0 heterocycles. The minimum atomic E-state index is -0.429. The summed E-state index contributed by atoms with van der Waals surface area (Å²) in [6, 6.07) is 4.38. The maximum absolute atomic E-state index is 13.3. The Kier molecular flexibility index (Phi) is 3.61. The highest BCUT2D eigenvalue weighted by atomic mass is 19.1. The van der Waals surface area contributed by atoms with Gasteiger partial charge in [0.25, 0.3) is 5.91 Å². The Hall–Kier alpha value is -1.64. The van der Waals surface area contributed by atoms with Crippen molar-refractivity contribution in [1.82, 2.24) is 5.32 Å². The van der Waals surface area contributed by atoms with E-state index < -0.39 is 5.82 Å². The van der Waals surface area contributed by atoms with Crippen LogP contribution in [-0.2, 0) is 0 Å². The molecule has 1 aromatic rings. The van der Waals surface area contributed by atoms with Crippen molar-refractivity contribution < 1.29 is 9.18 Å². The zero-order valence-corrected chi connectivity index (χ0v) is 8.88. The third kappa shape index (κ3) is 2.91. The largest absolute Gasteiger partial charge is 0.350 e. The van der Waals surface area contributed by atoms with Crippen molar-refractivity contribution in [3.63, 3.8) is 0 Å². The molecule has 1 rings (SSSR count). The molecule has 80 valence electrons. The summed E-state index contributed by atoms with van der Waals surface area (Å²) in [5, 5.41) is 2.69. The third-order valence-corrected chi connectivity index (χ3v) is 1.90. The van der Waals surface area contributed by atoms with Gasteiger partial charge in [0.2, 0.25) is 0 Å². The van der Waals surface area contributed by atoms with E-state index >= 15 is 0 Å². The molecule has 0 saturated heterocycles. The average Bonchev–Trinajstić information content (AvgIpc) is 2.16. The number of benzene rings is 1. The van der Waals surface area contributed by atoms with Gasteiger partial charge in [-0.2, -0.15) is 0 Å². The fourth-order valence-corrected chi connectivity index (χ4v) is 1.18. The summed E-state index contributed by atoms with van der Waals surface area (Å²) in [5.41, 5.74) is 0.725. The van der Waals surface area contributed by atoms with Crippen LogP contribution < -0.4 is 5.32 Å². The van der Waals surface area contributed by atoms with Crippen LogP contribution in [0.15, 0.2) is 24.8 Å². The van der Waals surface area contributed by atoms with E-state index in [0.717, 1.165) is 0 Å². The number of halogens is 1. The quantitative estimate of drug-likeness (QED) is 0.811. The fraction of sp³-hybridized carbons (Fsp3) is 0.250. The van der Waals surface area contributed by atoms with E-state index in [-0.39, 0.29) is 11.9 Å². The number of rotatable bonds is 3. The SMILES string of the molecule is C=Cc1ccc(C(=O)NC(C)C)cc1F. The zero-order valence-electron chi connectivity index (χ0n) is 8.88. The van der Waals surface area contributed by atoms with E-state index in [0.29, 0.717) is 11.1 Å². The summed E-state index contributed by atoms with van der Waals surface area (Å²) in [4.78, 5) is 11.5. The second-order valence-corrected chi connectivity index (χ2v) is 3.57. The van der Waals surface area contributed by atoms with Gasteiger partial charge in [0.05, 0.1) is 0 Å².